The highest BCUT2D eigenvalue weighted by Crippen LogP contribution is 2.40. The first-order valence-electron chi connectivity index (χ1n) is 20.5. The SMILES string of the molecule is CC(C)(C)c1cc(-[n+]2[c-]n(-c3cc(Oc4ccc5c6cccc(-c7ccccc7)c6n(-c6cc(C(C)(C)C)ccn6)c5c4)ccn3)c3ccccc32)cc(C(C)(C)C)c1. The number of hydrogen-bond donors (Lipinski definition) is 0. The van der Waals surface area contributed by atoms with Crippen molar-refractivity contribution in [3.8, 4) is 39.9 Å². The Morgan fingerprint density at radius 1 is 0.525 bits per heavy atom. The number of fused-ring (bicyclic) bond motifs is 4. The summed E-state index contributed by atoms with van der Waals surface area (Å²) in [6.45, 7) is 20.3. The molecule has 6 nitrogen and oxygen atoms in total. The minimum Gasteiger partial charge on any atom is -0.458 e. The second kappa shape index (κ2) is 14.1. The summed E-state index contributed by atoms with van der Waals surface area (Å²) in [5.41, 5.74) is 11.3. The van der Waals surface area contributed by atoms with Crippen molar-refractivity contribution >= 4 is 32.8 Å². The minimum atomic E-state index is -0.0421. The van der Waals surface area contributed by atoms with Crippen LogP contribution in [-0.4, -0.2) is 19.1 Å². The van der Waals surface area contributed by atoms with Gasteiger partial charge in [0.05, 0.1) is 27.8 Å². The zero-order valence-electron chi connectivity index (χ0n) is 35.5. The monoisotopic (exact) mass is 773 g/mol. The zero-order valence-corrected chi connectivity index (χ0v) is 35.5. The molecule has 0 N–H and O–H groups in total. The van der Waals surface area contributed by atoms with E-state index in [1.165, 1.54) is 16.7 Å². The predicted octanol–water partition coefficient (Wildman–Crippen LogP) is 12.9. The first-order chi connectivity index (χ1) is 28.1. The van der Waals surface area contributed by atoms with Crippen LogP contribution in [0.4, 0.5) is 0 Å². The molecule has 4 heterocycles. The molecular weight excluding hydrogens is 723 g/mol. The van der Waals surface area contributed by atoms with Crippen LogP contribution in [0.3, 0.4) is 0 Å². The third-order valence-electron chi connectivity index (χ3n) is 11.3. The Morgan fingerprint density at radius 2 is 1.19 bits per heavy atom. The summed E-state index contributed by atoms with van der Waals surface area (Å²) in [7, 11) is 0. The fraction of sp³-hybridized carbons (Fsp3) is 0.226. The van der Waals surface area contributed by atoms with Gasteiger partial charge in [0.15, 0.2) is 5.82 Å². The molecule has 6 heteroatoms. The number of nitrogens with zero attached hydrogens (tertiary/aromatic N) is 5. The molecule has 0 saturated carbocycles. The van der Waals surface area contributed by atoms with Crippen LogP contribution >= 0.6 is 0 Å². The molecule has 0 saturated heterocycles. The van der Waals surface area contributed by atoms with Gasteiger partial charge in [-0.25, -0.2) is 4.98 Å². The summed E-state index contributed by atoms with van der Waals surface area (Å²) in [5.74, 6) is 2.98. The summed E-state index contributed by atoms with van der Waals surface area (Å²) in [5, 5.41) is 2.29. The Labute approximate surface area is 347 Å². The van der Waals surface area contributed by atoms with Crippen molar-refractivity contribution in [3.63, 3.8) is 0 Å². The number of rotatable bonds is 6. The summed E-state index contributed by atoms with van der Waals surface area (Å²) >= 11 is 0. The maximum Gasteiger partial charge on any atom is 0.271 e. The number of pyridine rings is 2. The molecule has 0 radical (unpaired) electrons. The Hall–Kier alpha value is -6.53. The lowest BCUT2D eigenvalue weighted by Gasteiger charge is -2.26. The number of imidazole rings is 1. The Morgan fingerprint density at radius 3 is 1.92 bits per heavy atom. The summed E-state index contributed by atoms with van der Waals surface area (Å²) in [6, 6.07) is 47.1. The van der Waals surface area contributed by atoms with Crippen LogP contribution in [0.2, 0.25) is 0 Å². The predicted molar refractivity (Wildman–Crippen MR) is 242 cm³/mol. The van der Waals surface area contributed by atoms with Gasteiger partial charge in [0.25, 0.3) is 6.33 Å². The molecule has 9 aromatic rings. The van der Waals surface area contributed by atoms with Crippen molar-refractivity contribution in [1.29, 1.82) is 0 Å². The van der Waals surface area contributed by atoms with Crippen LogP contribution in [0.15, 0.2) is 146 Å². The minimum absolute atomic E-state index is 0.0172. The van der Waals surface area contributed by atoms with E-state index in [1.807, 2.05) is 22.9 Å². The second-order valence-electron chi connectivity index (χ2n) is 18.7. The van der Waals surface area contributed by atoms with Crippen LogP contribution in [0.1, 0.15) is 79.0 Å². The smallest absolute Gasteiger partial charge is 0.271 e. The van der Waals surface area contributed by atoms with E-state index < -0.39 is 0 Å². The molecule has 294 valence electrons. The standard InChI is InChI=1S/C53H51N5O/c1-51(2,3)36-24-26-55-49(31-36)58-47-32-40(22-23-43(47)44-19-15-18-42(50(44)58)35-16-11-10-12-17-35)59-41-25-27-54-48(33-41)57-34-56(45-20-13-14-21-46(45)57)39-29-37(52(4,5)6)28-38(30-39)53(7,8)9/h10-33H,1-9H3. The molecular formula is C53H51N5O. The summed E-state index contributed by atoms with van der Waals surface area (Å²) in [6.07, 6.45) is 7.40. The van der Waals surface area contributed by atoms with E-state index in [0.717, 1.165) is 61.2 Å². The molecule has 0 spiro atoms. The first-order valence-corrected chi connectivity index (χ1v) is 20.5. The summed E-state index contributed by atoms with van der Waals surface area (Å²) in [4.78, 5) is 9.82. The normalized spacial score (nSPS) is 12.5. The highest BCUT2D eigenvalue weighted by atomic mass is 16.5. The van der Waals surface area contributed by atoms with Crippen molar-refractivity contribution in [3.05, 3.63) is 169 Å². The van der Waals surface area contributed by atoms with E-state index in [-0.39, 0.29) is 16.2 Å². The van der Waals surface area contributed by atoms with Gasteiger partial charge in [-0.15, -0.1) is 0 Å². The van der Waals surface area contributed by atoms with Crippen molar-refractivity contribution in [1.82, 2.24) is 19.1 Å². The van der Waals surface area contributed by atoms with Crippen molar-refractivity contribution in [2.75, 3.05) is 0 Å². The van der Waals surface area contributed by atoms with Gasteiger partial charge in [-0.1, -0.05) is 141 Å². The number of hydrogen-bond acceptors (Lipinski definition) is 3. The molecule has 0 unspecified atom stereocenters. The zero-order chi connectivity index (χ0) is 41.3. The Bertz CT molecular complexity index is 2990. The molecule has 9 rings (SSSR count). The van der Waals surface area contributed by atoms with Gasteiger partial charge in [-0.2, -0.15) is 0 Å². The number of para-hydroxylation sites is 3. The molecule has 0 aliphatic carbocycles. The number of ether oxygens (including phenoxy) is 1. The van der Waals surface area contributed by atoms with E-state index in [4.69, 9.17) is 14.7 Å². The van der Waals surface area contributed by atoms with Gasteiger partial charge >= 0.3 is 0 Å². The summed E-state index contributed by atoms with van der Waals surface area (Å²) < 4.78 is 13.2. The Kier molecular flexibility index (Phi) is 9.08. The first kappa shape index (κ1) is 38.0. The van der Waals surface area contributed by atoms with Crippen LogP contribution < -0.4 is 9.30 Å². The van der Waals surface area contributed by atoms with E-state index in [0.29, 0.717) is 11.6 Å². The van der Waals surface area contributed by atoms with Crippen LogP contribution in [0.5, 0.6) is 11.5 Å². The average Bonchev–Trinajstić information content (AvgIpc) is 3.76. The van der Waals surface area contributed by atoms with E-state index in [1.54, 1.807) is 6.20 Å². The molecule has 5 aromatic carbocycles. The van der Waals surface area contributed by atoms with Crippen LogP contribution in [-0.2, 0) is 16.2 Å². The third-order valence-corrected chi connectivity index (χ3v) is 11.3. The maximum absolute atomic E-state index is 6.73. The lowest BCUT2D eigenvalue weighted by molar-refractivity contribution is -0.572. The molecule has 0 aliphatic rings. The fourth-order valence-electron chi connectivity index (χ4n) is 7.96. The molecule has 0 fully saturated rings. The molecule has 0 amide bonds. The van der Waals surface area contributed by atoms with E-state index >= 15 is 0 Å². The maximum atomic E-state index is 6.73. The van der Waals surface area contributed by atoms with E-state index in [2.05, 4.69) is 199 Å². The van der Waals surface area contributed by atoms with Gasteiger partial charge in [-0.05, 0) is 81.0 Å². The molecule has 4 aromatic heterocycles. The topological polar surface area (TPSA) is 48.8 Å². The highest BCUT2D eigenvalue weighted by molar-refractivity contribution is 6.14. The van der Waals surface area contributed by atoms with E-state index in [9.17, 15) is 0 Å². The van der Waals surface area contributed by atoms with Crippen molar-refractivity contribution in [2.45, 2.75) is 78.6 Å². The van der Waals surface area contributed by atoms with Gasteiger partial charge in [-0.3, -0.25) is 18.7 Å². The van der Waals surface area contributed by atoms with Crippen LogP contribution in [0, 0.1) is 6.33 Å². The second-order valence-corrected chi connectivity index (χ2v) is 18.7. The number of aromatic nitrogens is 5. The van der Waals surface area contributed by atoms with Crippen LogP contribution in [0.25, 0.3) is 61.3 Å². The lowest BCUT2D eigenvalue weighted by atomic mass is 9.80. The molecule has 0 bridgehead atoms. The van der Waals surface area contributed by atoms with Gasteiger partial charge < -0.3 is 4.74 Å². The quantitative estimate of drug-likeness (QED) is 0.125. The highest BCUT2D eigenvalue weighted by Gasteiger charge is 2.24. The average molecular weight is 774 g/mol. The number of benzene rings is 5. The van der Waals surface area contributed by atoms with Gasteiger partial charge in [0.2, 0.25) is 0 Å². The fourth-order valence-corrected chi connectivity index (χ4v) is 7.96. The lowest BCUT2D eigenvalue weighted by Crippen LogP contribution is -2.31. The third kappa shape index (κ3) is 7.07. The molecule has 0 aliphatic heterocycles. The van der Waals surface area contributed by atoms with Crippen molar-refractivity contribution in [2.24, 2.45) is 0 Å². The van der Waals surface area contributed by atoms with Crippen molar-refractivity contribution < 1.29 is 9.30 Å². The molecule has 59 heavy (non-hydrogen) atoms. The Balaban J connectivity index is 1.16. The van der Waals surface area contributed by atoms with Gasteiger partial charge in [0.1, 0.15) is 17.3 Å². The largest absolute Gasteiger partial charge is 0.458 e. The molecule has 0 atom stereocenters. The van der Waals surface area contributed by atoms with Gasteiger partial charge in [0, 0.05) is 40.9 Å².